The normalized spacial score (nSPS) is 18.0. The average molecular weight is 329 g/mol. The molecule has 0 aromatic carbocycles. The van der Waals surface area contributed by atoms with Crippen LogP contribution in [0.4, 0.5) is 0 Å². The fourth-order valence-corrected chi connectivity index (χ4v) is 2.99. The van der Waals surface area contributed by atoms with Gasteiger partial charge in [-0.1, -0.05) is 0 Å². The molecule has 128 valence electrons. The lowest BCUT2D eigenvalue weighted by Crippen LogP contribution is -2.43. The fourth-order valence-electron chi connectivity index (χ4n) is 2.99. The third kappa shape index (κ3) is 3.31. The molecule has 0 unspecified atom stereocenters. The maximum Gasteiger partial charge on any atom is 0.227 e. The SMILES string of the molecule is Cc1ccnc([C@H]2CN(C(=O)Cc3c(C)nn(C)c3C)CCO2)n1. The molecule has 0 radical (unpaired) electrons. The van der Waals surface area contributed by atoms with E-state index in [0.717, 1.165) is 22.6 Å². The van der Waals surface area contributed by atoms with E-state index in [1.54, 1.807) is 6.20 Å². The first-order valence-corrected chi connectivity index (χ1v) is 8.13. The number of nitrogens with zero attached hydrogens (tertiary/aromatic N) is 5. The van der Waals surface area contributed by atoms with E-state index in [0.29, 0.717) is 31.9 Å². The second-order valence-electron chi connectivity index (χ2n) is 6.21. The van der Waals surface area contributed by atoms with Crippen LogP contribution in [0.3, 0.4) is 0 Å². The van der Waals surface area contributed by atoms with Crippen molar-refractivity contribution in [2.75, 3.05) is 19.7 Å². The van der Waals surface area contributed by atoms with Gasteiger partial charge in [0, 0.05) is 36.7 Å². The van der Waals surface area contributed by atoms with E-state index in [9.17, 15) is 4.79 Å². The van der Waals surface area contributed by atoms with Crippen molar-refractivity contribution in [1.29, 1.82) is 0 Å². The topological polar surface area (TPSA) is 73.1 Å². The van der Waals surface area contributed by atoms with Crippen molar-refractivity contribution in [3.05, 3.63) is 40.7 Å². The van der Waals surface area contributed by atoms with Gasteiger partial charge in [-0.15, -0.1) is 0 Å². The molecule has 3 heterocycles. The number of rotatable bonds is 3. The summed E-state index contributed by atoms with van der Waals surface area (Å²) in [7, 11) is 1.90. The molecule has 1 aliphatic heterocycles. The summed E-state index contributed by atoms with van der Waals surface area (Å²) in [5.41, 5.74) is 3.86. The molecule has 0 N–H and O–H groups in total. The molecule has 0 aliphatic carbocycles. The highest BCUT2D eigenvalue weighted by atomic mass is 16.5. The van der Waals surface area contributed by atoms with Crippen molar-refractivity contribution in [2.24, 2.45) is 7.05 Å². The van der Waals surface area contributed by atoms with Crippen molar-refractivity contribution >= 4 is 5.91 Å². The summed E-state index contributed by atoms with van der Waals surface area (Å²) in [6.07, 6.45) is 1.83. The van der Waals surface area contributed by atoms with Crippen molar-refractivity contribution < 1.29 is 9.53 Å². The van der Waals surface area contributed by atoms with Crippen LogP contribution in [0.1, 0.15) is 34.6 Å². The van der Waals surface area contributed by atoms with Gasteiger partial charge in [0.2, 0.25) is 5.91 Å². The van der Waals surface area contributed by atoms with Crippen molar-refractivity contribution in [3.8, 4) is 0 Å². The lowest BCUT2D eigenvalue weighted by atomic mass is 10.1. The van der Waals surface area contributed by atoms with Crippen LogP contribution < -0.4 is 0 Å². The van der Waals surface area contributed by atoms with Gasteiger partial charge < -0.3 is 9.64 Å². The minimum Gasteiger partial charge on any atom is -0.367 e. The van der Waals surface area contributed by atoms with E-state index >= 15 is 0 Å². The highest BCUT2D eigenvalue weighted by Gasteiger charge is 2.28. The molecule has 7 heteroatoms. The number of aryl methyl sites for hydroxylation is 3. The summed E-state index contributed by atoms with van der Waals surface area (Å²) >= 11 is 0. The highest BCUT2D eigenvalue weighted by molar-refractivity contribution is 5.79. The van der Waals surface area contributed by atoms with Crippen molar-refractivity contribution in [3.63, 3.8) is 0 Å². The molecule has 7 nitrogen and oxygen atoms in total. The number of hydrogen-bond donors (Lipinski definition) is 0. The van der Waals surface area contributed by atoms with Crippen LogP contribution in [0.5, 0.6) is 0 Å². The summed E-state index contributed by atoms with van der Waals surface area (Å²) < 4.78 is 7.59. The summed E-state index contributed by atoms with van der Waals surface area (Å²) in [6, 6.07) is 1.85. The van der Waals surface area contributed by atoms with Gasteiger partial charge in [-0.2, -0.15) is 5.10 Å². The Hall–Kier alpha value is -2.28. The first kappa shape index (κ1) is 16.6. The molecule has 1 amide bonds. The Bertz CT molecular complexity index is 755. The standard InChI is InChI=1S/C17H23N5O2/c1-11-5-6-18-17(19-11)15-10-22(7-8-24-15)16(23)9-14-12(2)20-21(4)13(14)3/h5-6,15H,7-10H2,1-4H3/t15-/m1/s1. The Kier molecular flexibility index (Phi) is 4.62. The van der Waals surface area contributed by atoms with Crippen molar-refractivity contribution in [2.45, 2.75) is 33.3 Å². The number of aromatic nitrogens is 4. The second kappa shape index (κ2) is 6.68. The van der Waals surface area contributed by atoms with Gasteiger partial charge in [-0.3, -0.25) is 9.48 Å². The lowest BCUT2D eigenvalue weighted by Gasteiger charge is -2.32. The number of hydrogen-bond acceptors (Lipinski definition) is 5. The Labute approximate surface area is 141 Å². The van der Waals surface area contributed by atoms with Crippen LogP contribution >= 0.6 is 0 Å². The third-order valence-electron chi connectivity index (χ3n) is 4.51. The number of amides is 1. The molecule has 3 rings (SSSR count). The van der Waals surface area contributed by atoms with E-state index in [1.165, 1.54) is 0 Å². The van der Waals surface area contributed by atoms with Crippen LogP contribution in [0.25, 0.3) is 0 Å². The molecule has 1 atom stereocenters. The maximum absolute atomic E-state index is 12.7. The molecule has 1 fully saturated rings. The van der Waals surface area contributed by atoms with Crippen LogP contribution in [0.15, 0.2) is 12.3 Å². The van der Waals surface area contributed by atoms with Gasteiger partial charge >= 0.3 is 0 Å². The van der Waals surface area contributed by atoms with E-state index in [1.807, 2.05) is 43.5 Å². The fraction of sp³-hybridized carbons (Fsp3) is 0.529. The summed E-state index contributed by atoms with van der Waals surface area (Å²) in [5.74, 6) is 0.733. The molecular weight excluding hydrogens is 306 g/mol. The van der Waals surface area contributed by atoms with Crippen LogP contribution in [0.2, 0.25) is 0 Å². The van der Waals surface area contributed by atoms with Gasteiger partial charge in [0.1, 0.15) is 6.10 Å². The highest BCUT2D eigenvalue weighted by Crippen LogP contribution is 2.21. The largest absolute Gasteiger partial charge is 0.367 e. The van der Waals surface area contributed by atoms with Crippen LogP contribution in [0, 0.1) is 20.8 Å². The first-order valence-electron chi connectivity index (χ1n) is 8.13. The summed E-state index contributed by atoms with van der Waals surface area (Å²) in [6.45, 7) is 7.44. The zero-order chi connectivity index (χ0) is 17.3. The van der Waals surface area contributed by atoms with Crippen LogP contribution in [-0.2, 0) is 23.0 Å². The first-order chi connectivity index (χ1) is 11.5. The molecular formula is C17H23N5O2. The van der Waals surface area contributed by atoms with Crippen LogP contribution in [-0.4, -0.2) is 50.3 Å². The Morgan fingerprint density at radius 1 is 1.38 bits per heavy atom. The zero-order valence-electron chi connectivity index (χ0n) is 14.6. The van der Waals surface area contributed by atoms with E-state index in [4.69, 9.17) is 4.74 Å². The molecule has 1 aliphatic rings. The van der Waals surface area contributed by atoms with Gasteiger partial charge in [0.15, 0.2) is 5.82 Å². The number of ether oxygens (including phenoxy) is 1. The number of carbonyl (C=O) groups excluding carboxylic acids is 1. The Morgan fingerprint density at radius 3 is 2.83 bits per heavy atom. The molecule has 0 spiro atoms. The smallest absolute Gasteiger partial charge is 0.227 e. The van der Waals surface area contributed by atoms with Gasteiger partial charge in [0.05, 0.1) is 25.3 Å². The zero-order valence-corrected chi connectivity index (χ0v) is 14.6. The van der Waals surface area contributed by atoms with E-state index < -0.39 is 0 Å². The Morgan fingerprint density at radius 2 is 2.17 bits per heavy atom. The van der Waals surface area contributed by atoms with Gasteiger partial charge in [-0.05, 0) is 26.8 Å². The van der Waals surface area contributed by atoms with Crippen molar-refractivity contribution in [1.82, 2.24) is 24.6 Å². The quantitative estimate of drug-likeness (QED) is 0.848. The van der Waals surface area contributed by atoms with Gasteiger partial charge in [-0.25, -0.2) is 9.97 Å². The second-order valence-corrected chi connectivity index (χ2v) is 6.21. The number of morpholine rings is 1. The van der Waals surface area contributed by atoms with Gasteiger partial charge in [0.25, 0.3) is 0 Å². The molecule has 1 saturated heterocycles. The minimum atomic E-state index is -0.265. The summed E-state index contributed by atoms with van der Waals surface area (Å²) in [5, 5.41) is 4.38. The maximum atomic E-state index is 12.7. The predicted molar refractivity (Wildman–Crippen MR) is 88.4 cm³/mol. The Balaban J connectivity index is 1.71. The monoisotopic (exact) mass is 329 g/mol. The lowest BCUT2D eigenvalue weighted by molar-refractivity contribution is -0.138. The molecule has 2 aromatic heterocycles. The van der Waals surface area contributed by atoms with E-state index in [2.05, 4.69) is 15.1 Å². The predicted octanol–water partition coefficient (Wildman–Crippen LogP) is 1.28. The third-order valence-corrected chi connectivity index (χ3v) is 4.51. The summed E-state index contributed by atoms with van der Waals surface area (Å²) in [4.78, 5) is 23.3. The molecule has 2 aromatic rings. The van der Waals surface area contributed by atoms with E-state index in [-0.39, 0.29) is 12.0 Å². The minimum absolute atomic E-state index is 0.0927. The number of carbonyl (C=O) groups is 1. The molecule has 0 saturated carbocycles. The average Bonchev–Trinajstić information content (AvgIpc) is 2.81. The molecule has 0 bridgehead atoms. The molecule has 24 heavy (non-hydrogen) atoms.